The van der Waals surface area contributed by atoms with E-state index in [2.05, 4.69) is 27.7 Å². The molecule has 3 aliphatic carbocycles. The Bertz CT molecular complexity index is 377. The average Bonchev–Trinajstić information content (AvgIpc) is 2.27. The Labute approximate surface area is 111 Å². The maximum atomic E-state index is 11.2. The van der Waals surface area contributed by atoms with Crippen LogP contribution in [0.2, 0.25) is 0 Å². The highest BCUT2D eigenvalue weighted by Gasteiger charge is 2.68. The third kappa shape index (κ3) is 1.37. The van der Waals surface area contributed by atoms with Crippen LogP contribution in [0.25, 0.3) is 0 Å². The smallest absolute Gasteiger partial charge is 0.0711 e. The molecule has 0 aromatic rings. The van der Waals surface area contributed by atoms with Crippen LogP contribution in [0.3, 0.4) is 0 Å². The van der Waals surface area contributed by atoms with Gasteiger partial charge < -0.3 is 10.2 Å². The van der Waals surface area contributed by atoms with Crippen molar-refractivity contribution in [3.63, 3.8) is 0 Å². The zero-order chi connectivity index (χ0) is 13.4. The van der Waals surface area contributed by atoms with Crippen LogP contribution in [0.4, 0.5) is 0 Å². The first-order valence-corrected chi connectivity index (χ1v) is 7.54. The van der Waals surface area contributed by atoms with Gasteiger partial charge in [0.15, 0.2) is 0 Å². The van der Waals surface area contributed by atoms with Gasteiger partial charge in [0.25, 0.3) is 0 Å². The molecular weight excluding hydrogens is 224 g/mol. The second-order valence-electron chi connectivity index (χ2n) is 8.59. The molecule has 0 radical (unpaired) electrons. The first kappa shape index (κ1) is 12.9. The van der Waals surface area contributed by atoms with Crippen LogP contribution in [-0.4, -0.2) is 21.9 Å². The summed E-state index contributed by atoms with van der Waals surface area (Å²) < 4.78 is 0. The fourth-order valence-electron chi connectivity index (χ4n) is 5.94. The highest BCUT2D eigenvalue weighted by atomic mass is 16.3. The zero-order valence-corrected chi connectivity index (χ0v) is 12.3. The van der Waals surface area contributed by atoms with E-state index in [1.165, 1.54) is 6.42 Å². The predicted octanol–water partition coefficient (Wildman–Crippen LogP) is 3.11. The molecule has 18 heavy (non-hydrogen) atoms. The number of aliphatic hydroxyl groups is 2. The van der Waals surface area contributed by atoms with Gasteiger partial charge in [-0.2, -0.15) is 0 Å². The largest absolute Gasteiger partial charge is 0.393 e. The van der Waals surface area contributed by atoms with Gasteiger partial charge in [-0.1, -0.05) is 27.7 Å². The fraction of sp³-hybridized carbons (Fsp3) is 1.00. The van der Waals surface area contributed by atoms with Crippen LogP contribution in [0.1, 0.15) is 66.2 Å². The minimum Gasteiger partial charge on any atom is -0.393 e. The summed E-state index contributed by atoms with van der Waals surface area (Å²) in [6, 6.07) is 0. The molecule has 0 spiro atoms. The molecule has 0 heterocycles. The van der Waals surface area contributed by atoms with Crippen LogP contribution in [0.15, 0.2) is 0 Å². The number of hydrogen-bond donors (Lipinski definition) is 2. The van der Waals surface area contributed by atoms with E-state index in [0.717, 1.165) is 32.1 Å². The highest BCUT2D eigenvalue weighted by molar-refractivity contribution is 5.18. The summed E-state index contributed by atoms with van der Waals surface area (Å²) >= 11 is 0. The summed E-state index contributed by atoms with van der Waals surface area (Å²) in [6.45, 7) is 9.17. The first-order chi connectivity index (χ1) is 8.13. The molecule has 2 heteroatoms. The van der Waals surface area contributed by atoms with Crippen molar-refractivity contribution in [3.05, 3.63) is 0 Å². The Morgan fingerprint density at radius 2 is 1.61 bits per heavy atom. The van der Waals surface area contributed by atoms with Gasteiger partial charge in [0, 0.05) is 5.41 Å². The van der Waals surface area contributed by atoms with Gasteiger partial charge in [-0.15, -0.1) is 0 Å². The van der Waals surface area contributed by atoms with E-state index in [4.69, 9.17) is 0 Å². The summed E-state index contributed by atoms with van der Waals surface area (Å²) in [6.07, 6.45) is 5.50. The molecular formula is C16H28O2. The molecule has 0 aromatic heterocycles. The Balaban J connectivity index is 2.01. The molecule has 3 rings (SSSR count). The molecule has 3 fully saturated rings. The summed E-state index contributed by atoms with van der Waals surface area (Å²) in [7, 11) is 0. The lowest BCUT2D eigenvalue weighted by Crippen LogP contribution is -2.64. The van der Waals surface area contributed by atoms with Gasteiger partial charge in [0.05, 0.1) is 11.7 Å². The first-order valence-electron chi connectivity index (χ1n) is 7.54. The second kappa shape index (κ2) is 3.32. The van der Waals surface area contributed by atoms with Crippen molar-refractivity contribution in [1.29, 1.82) is 0 Å². The lowest BCUT2D eigenvalue weighted by molar-refractivity contribution is -0.235. The number of fused-ring (bicyclic) bond motifs is 4. The molecule has 104 valence electrons. The SMILES string of the molecule is CC1(C)C[C@@]2(C)[C@H]1CC[C@@]1(C)C[C@]2(O)CCC1O. The molecule has 1 unspecified atom stereocenters. The van der Waals surface area contributed by atoms with Crippen molar-refractivity contribution in [2.24, 2.45) is 22.2 Å². The number of aliphatic hydroxyl groups excluding tert-OH is 1. The van der Waals surface area contributed by atoms with Crippen LogP contribution in [-0.2, 0) is 0 Å². The molecule has 2 nitrogen and oxygen atoms in total. The zero-order valence-electron chi connectivity index (χ0n) is 12.3. The van der Waals surface area contributed by atoms with Crippen molar-refractivity contribution in [2.45, 2.75) is 77.9 Å². The molecule has 3 aliphatic rings. The summed E-state index contributed by atoms with van der Waals surface area (Å²) in [4.78, 5) is 0. The molecule has 5 atom stereocenters. The van der Waals surface area contributed by atoms with E-state index >= 15 is 0 Å². The van der Waals surface area contributed by atoms with Gasteiger partial charge in [0.1, 0.15) is 0 Å². The predicted molar refractivity (Wildman–Crippen MR) is 72.1 cm³/mol. The standard InChI is InChI=1S/C16H28O2/c1-13(2)9-15(4)11(13)5-7-14(3)10-16(15,18)8-6-12(14)17/h11-12,17-18H,5-10H2,1-4H3/t11-,12?,14-,15-,16+/m0/s1. The Hall–Kier alpha value is -0.0800. The van der Waals surface area contributed by atoms with Crippen molar-refractivity contribution in [1.82, 2.24) is 0 Å². The van der Waals surface area contributed by atoms with E-state index in [9.17, 15) is 10.2 Å². The summed E-state index contributed by atoms with van der Waals surface area (Å²) in [5, 5.41) is 21.6. The van der Waals surface area contributed by atoms with E-state index in [1.54, 1.807) is 0 Å². The maximum Gasteiger partial charge on any atom is 0.0711 e. The lowest BCUT2D eigenvalue weighted by Gasteiger charge is -2.66. The van der Waals surface area contributed by atoms with Crippen LogP contribution in [0, 0.1) is 22.2 Å². The van der Waals surface area contributed by atoms with Crippen LogP contribution in [0.5, 0.6) is 0 Å². The topological polar surface area (TPSA) is 40.5 Å². The summed E-state index contributed by atoms with van der Waals surface area (Å²) in [5.41, 5.74) is -0.168. The van der Waals surface area contributed by atoms with Gasteiger partial charge in [-0.3, -0.25) is 0 Å². The second-order valence-corrected chi connectivity index (χ2v) is 8.59. The van der Waals surface area contributed by atoms with E-state index in [0.29, 0.717) is 11.3 Å². The molecule has 0 saturated heterocycles. The third-order valence-corrected chi connectivity index (χ3v) is 6.93. The van der Waals surface area contributed by atoms with E-state index < -0.39 is 5.60 Å². The van der Waals surface area contributed by atoms with Crippen molar-refractivity contribution >= 4 is 0 Å². The van der Waals surface area contributed by atoms with Crippen molar-refractivity contribution in [3.8, 4) is 0 Å². The fourth-order valence-corrected chi connectivity index (χ4v) is 5.94. The minimum atomic E-state index is -0.544. The third-order valence-electron chi connectivity index (χ3n) is 6.93. The molecule has 3 saturated carbocycles. The van der Waals surface area contributed by atoms with E-state index in [1.807, 2.05) is 0 Å². The van der Waals surface area contributed by atoms with E-state index in [-0.39, 0.29) is 16.9 Å². The lowest BCUT2D eigenvalue weighted by atomic mass is 9.41. The van der Waals surface area contributed by atoms with Crippen LogP contribution >= 0.6 is 0 Å². The van der Waals surface area contributed by atoms with Gasteiger partial charge in [-0.05, 0) is 55.3 Å². The molecule has 2 N–H and O–H groups in total. The van der Waals surface area contributed by atoms with Gasteiger partial charge in [-0.25, -0.2) is 0 Å². The molecule has 0 amide bonds. The number of hydrogen-bond acceptors (Lipinski definition) is 2. The molecule has 0 aliphatic heterocycles. The number of rotatable bonds is 0. The average molecular weight is 252 g/mol. The monoisotopic (exact) mass is 252 g/mol. The quantitative estimate of drug-likeness (QED) is 0.695. The Kier molecular flexibility index (Phi) is 2.39. The van der Waals surface area contributed by atoms with Gasteiger partial charge >= 0.3 is 0 Å². The molecule has 0 aromatic carbocycles. The van der Waals surface area contributed by atoms with Crippen molar-refractivity contribution in [2.75, 3.05) is 0 Å². The van der Waals surface area contributed by atoms with Gasteiger partial charge in [0.2, 0.25) is 0 Å². The maximum absolute atomic E-state index is 11.2. The minimum absolute atomic E-state index is 0.0660. The highest BCUT2D eigenvalue weighted by Crippen LogP contribution is 2.71. The summed E-state index contributed by atoms with van der Waals surface area (Å²) in [5.74, 6) is 0.613. The van der Waals surface area contributed by atoms with Crippen LogP contribution < -0.4 is 0 Å². The molecule has 2 bridgehead atoms. The Morgan fingerprint density at radius 1 is 0.944 bits per heavy atom. The van der Waals surface area contributed by atoms with Crippen molar-refractivity contribution < 1.29 is 10.2 Å². The normalized spacial score (nSPS) is 58.3. The Morgan fingerprint density at radius 3 is 2.22 bits per heavy atom.